The lowest BCUT2D eigenvalue weighted by molar-refractivity contribution is -0.189. The van der Waals surface area contributed by atoms with Crippen LogP contribution < -0.4 is 5.32 Å². The zero-order valence-corrected chi connectivity index (χ0v) is 25.4. The molecule has 2 fully saturated rings. The maximum Gasteiger partial charge on any atom is 0.334 e. The SMILES string of the molecule is C=CCN1CC(=O)N2[C@@H](Cc3ccc(O)cc3)C(=O)N(Cc3cccc(-c4ccccc4)n3)C[C@@H]2N1C(=O)NCc1ccccc1. The molecule has 2 N–H and O–H groups in total. The van der Waals surface area contributed by atoms with Crippen LogP contribution in [0.3, 0.4) is 0 Å². The third kappa shape index (κ3) is 6.62. The Hall–Kier alpha value is -5.48. The Morgan fingerprint density at radius 1 is 0.913 bits per heavy atom. The molecular weight excluding hydrogens is 580 g/mol. The van der Waals surface area contributed by atoms with E-state index in [1.165, 1.54) is 0 Å². The van der Waals surface area contributed by atoms with Crippen LogP contribution in [0.2, 0.25) is 0 Å². The molecule has 6 rings (SSSR count). The second-order valence-electron chi connectivity index (χ2n) is 11.4. The highest BCUT2D eigenvalue weighted by Crippen LogP contribution is 2.30. The number of aromatic nitrogens is 1. The number of phenolic OH excluding ortho intramolecular Hbond substituents is 1. The predicted molar refractivity (Wildman–Crippen MR) is 174 cm³/mol. The number of hydrogen-bond donors (Lipinski definition) is 2. The van der Waals surface area contributed by atoms with Gasteiger partial charge in [-0.3, -0.25) is 14.6 Å². The third-order valence-corrected chi connectivity index (χ3v) is 8.26. The van der Waals surface area contributed by atoms with E-state index in [-0.39, 0.29) is 56.2 Å². The van der Waals surface area contributed by atoms with Gasteiger partial charge in [0.15, 0.2) is 0 Å². The van der Waals surface area contributed by atoms with Crippen molar-refractivity contribution in [2.75, 3.05) is 19.6 Å². The molecule has 10 nitrogen and oxygen atoms in total. The van der Waals surface area contributed by atoms with E-state index in [0.29, 0.717) is 12.2 Å². The van der Waals surface area contributed by atoms with Crippen LogP contribution in [-0.2, 0) is 29.1 Å². The Morgan fingerprint density at radius 2 is 1.63 bits per heavy atom. The number of urea groups is 1. The maximum absolute atomic E-state index is 14.3. The van der Waals surface area contributed by atoms with Gasteiger partial charge in [0.25, 0.3) is 0 Å². The van der Waals surface area contributed by atoms with Crippen LogP contribution in [0.1, 0.15) is 16.8 Å². The minimum atomic E-state index is -0.872. The highest BCUT2D eigenvalue weighted by molar-refractivity contribution is 5.91. The molecule has 2 aliphatic heterocycles. The first-order chi connectivity index (χ1) is 22.4. The summed E-state index contributed by atoms with van der Waals surface area (Å²) in [5, 5.41) is 16.1. The average molecular weight is 617 g/mol. The summed E-state index contributed by atoms with van der Waals surface area (Å²) >= 11 is 0. The minimum Gasteiger partial charge on any atom is -0.508 e. The number of hydrogen-bond acceptors (Lipinski definition) is 6. The summed E-state index contributed by atoms with van der Waals surface area (Å²) in [6.45, 7) is 4.63. The fourth-order valence-corrected chi connectivity index (χ4v) is 6.09. The fraction of sp³-hybridized carbons (Fsp3) is 0.222. The highest BCUT2D eigenvalue weighted by atomic mass is 16.3. The maximum atomic E-state index is 14.3. The number of carbonyl (C=O) groups excluding carboxylic acids is 3. The van der Waals surface area contributed by atoms with Crippen LogP contribution in [0.5, 0.6) is 5.75 Å². The lowest BCUT2D eigenvalue weighted by Gasteiger charge is -2.55. The molecule has 4 amide bonds. The zero-order chi connectivity index (χ0) is 32.0. The molecule has 3 heterocycles. The summed E-state index contributed by atoms with van der Waals surface area (Å²) in [6.07, 6.45) is 1.10. The van der Waals surface area contributed by atoms with E-state index in [1.807, 2.05) is 78.9 Å². The van der Waals surface area contributed by atoms with Crippen molar-refractivity contribution >= 4 is 17.8 Å². The molecule has 4 aromatic rings. The summed E-state index contributed by atoms with van der Waals surface area (Å²) in [5.41, 5.74) is 4.16. The number of carbonyl (C=O) groups is 3. The number of rotatable bonds is 9. The Morgan fingerprint density at radius 3 is 2.35 bits per heavy atom. The van der Waals surface area contributed by atoms with Crippen LogP contribution in [0.25, 0.3) is 11.3 Å². The number of amides is 4. The van der Waals surface area contributed by atoms with E-state index in [9.17, 15) is 19.5 Å². The Balaban J connectivity index is 1.34. The van der Waals surface area contributed by atoms with Gasteiger partial charge < -0.3 is 20.2 Å². The van der Waals surface area contributed by atoms with Crippen molar-refractivity contribution < 1.29 is 19.5 Å². The van der Waals surface area contributed by atoms with Crippen molar-refractivity contribution in [3.8, 4) is 17.0 Å². The van der Waals surface area contributed by atoms with Crippen molar-refractivity contribution in [1.82, 2.24) is 30.1 Å². The number of aromatic hydroxyl groups is 1. The fourth-order valence-electron chi connectivity index (χ4n) is 6.09. The van der Waals surface area contributed by atoms with E-state index in [2.05, 4.69) is 11.9 Å². The summed E-state index contributed by atoms with van der Waals surface area (Å²) in [6, 6.07) is 30.5. The van der Waals surface area contributed by atoms with Gasteiger partial charge in [-0.25, -0.2) is 14.8 Å². The first kappa shape index (κ1) is 30.5. The average Bonchev–Trinajstić information content (AvgIpc) is 3.07. The molecule has 1 aromatic heterocycles. The molecule has 10 heteroatoms. The molecule has 2 atom stereocenters. The van der Waals surface area contributed by atoms with Crippen LogP contribution in [0.4, 0.5) is 4.79 Å². The number of hydrazine groups is 1. The number of pyridine rings is 1. The topological polar surface area (TPSA) is 109 Å². The van der Waals surface area contributed by atoms with Gasteiger partial charge in [0.1, 0.15) is 18.0 Å². The van der Waals surface area contributed by atoms with E-state index < -0.39 is 12.2 Å². The molecule has 0 spiro atoms. The summed E-state index contributed by atoms with van der Waals surface area (Å²) in [5.74, 6) is -0.371. The predicted octanol–water partition coefficient (Wildman–Crippen LogP) is 4.19. The molecule has 0 saturated carbocycles. The summed E-state index contributed by atoms with van der Waals surface area (Å²) in [7, 11) is 0. The molecule has 0 bridgehead atoms. The van der Waals surface area contributed by atoms with Gasteiger partial charge >= 0.3 is 6.03 Å². The van der Waals surface area contributed by atoms with Gasteiger partial charge in [0.2, 0.25) is 11.8 Å². The van der Waals surface area contributed by atoms with Gasteiger partial charge in [-0.1, -0.05) is 84.9 Å². The highest BCUT2D eigenvalue weighted by Gasteiger charge is 2.51. The minimum absolute atomic E-state index is 0.0820. The second-order valence-corrected chi connectivity index (χ2v) is 11.4. The first-order valence-electron chi connectivity index (χ1n) is 15.3. The van der Waals surface area contributed by atoms with E-state index in [4.69, 9.17) is 4.98 Å². The van der Waals surface area contributed by atoms with Crippen molar-refractivity contribution in [2.45, 2.75) is 31.7 Å². The van der Waals surface area contributed by atoms with Crippen LogP contribution >= 0.6 is 0 Å². The lowest BCUT2D eigenvalue weighted by Crippen LogP contribution is -2.76. The molecule has 46 heavy (non-hydrogen) atoms. The molecule has 2 aliphatic rings. The van der Waals surface area contributed by atoms with Crippen molar-refractivity contribution in [3.05, 3.63) is 133 Å². The number of nitrogens with zero attached hydrogens (tertiary/aromatic N) is 5. The van der Waals surface area contributed by atoms with Crippen LogP contribution in [-0.4, -0.2) is 79.6 Å². The first-order valence-corrected chi connectivity index (χ1v) is 15.3. The monoisotopic (exact) mass is 616 g/mol. The van der Waals surface area contributed by atoms with Crippen molar-refractivity contribution in [2.24, 2.45) is 0 Å². The van der Waals surface area contributed by atoms with Gasteiger partial charge in [-0.15, -0.1) is 6.58 Å². The van der Waals surface area contributed by atoms with Gasteiger partial charge in [0, 0.05) is 25.1 Å². The molecule has 0 aliphatic carbocycles. The summed E-state index contributed by atoms with van der Waals surface area (Å²) in [4.78, 5) is 50.1. The van der Waals surface area contributed by atoms with E-state index >= 15 is 0 Å². The van der Waals surface area contributed by atoms with Gasteiger partial charge in [-0.05, 0) is 35.4 Å². The third-order valence-electron chi connectivity index (χ3n) is 8.26. The normalized spacial score (nSPS) is 18.3. The molecule has 2 saturated heterocycles. The number of phenols is 1. The lowest BCUT2D eigenvalue weighted by atomic mass is 9.98. The summed E-state index contributed by atoms with van der Waals surface area (Å²) < 4.78 is 0. The number of piperazine rings is 1. The second kappa shape index (κ2) is 13.7. The number of fused-ring (bicyclic) bond motifs is 1. The van der Waals surface area contributed by atoms with Crippen LogP contribution in [0.15, 0.2) is 116 Å². The van der Waals surface area contributed by atoms with Crippen LogP contribution in [0, 0.1) is 0 Å². The molecule has 3 aromatic carbocycles. The largest absolute Gasteiger partial charge is 0.508 e. The number of nitrogens with one attached hydrogen (secondary N) is 1. The van der Waals surface area contributed by atoms with Crippen molar-refractivity contribution in [1.29, 1.82) is 0 Å². The molecular formula is C36H36N6O4. The Bertz CT molecular complexity index is 1700. The van der Waals surface area contributed by atoms with Gasteiger partial charge in [-0.2, -0.15) is 0 Å². The quantitative estimate of drug-likeness (QED) is 0.273. The van der Waals surface area contributed by atoms with Crippen molar-refractivity contribution in [3.63, 3.8) is 0 Å². The van der Waals surface area contributed by atoms with Gasteiger partial charge in [0.05, 0.1) is 31.0 Å². The molecule has 0 unspecified atom stereocenters. The zero-order valence-electron chi connectivity index (χ0n) is 25.4. The molecule has 0 radical (unpaired) electrons. The number of benzene rings is 3. The Kier molecular flexibility index (Phi) is 9.07. The standard InChI is InChI=1S/C36H36N6O4/c1-2-20-40-25-34(44)41-32(21-26-16-18-30(43)19-17-26)35(45)39(23-29-14-9-15-31(38-29)28-12-7-4-8-13-28)24-33(41)42(40)36(46)37-22-27-10-5-3-6-11-27/h2-19,32-33,43H,1,20-25H2,(H,37,46)/t32-,33-/m0/s1. The van der Waals surface area contributed by atoms with E-state index in [1.54, 1.807) is 50.2 Å². The van der Waals surface area contributed by atoms with E-state index in [0.717, 1.165) is 22.4 Å². The Labute approximate surface area is 268 Å². The smallest absolute Gasteiger partial charge is 0.334 e. The molecule has 234 valence electrons.